The zero-order chi connectivity index (χ0) is 15.5. The van der Waals surface area contributed by atoms with E-state index in [1.54, 1.807) is 12.1 Å². The fourth-order valence-corrected chi connectivity index (χ4v) is 2.23. The molecular weight excluding hydrogens is 294 g/mol. The maximum absolute atomic E-state index is 11.7. The minimum atomic E-state index is -3.68. The van der Waals surface area contributed by atoms with Crippen LogP contribution in [-0.4, -0.2) is 31.1 Å². The summed E-state index contributed by atoms with van der Waals surface area (Å²) in [7, 11) is -3.68. The number of aromatic nitrogens is 2. The molecule has 1 heterocycles. The topological polar surface area (TPSA) is 144 Å². The monoisotopic (exact) mass is 309 g/mol. The normalized spacial score (nSPS) is 11.3. The lowest BCUT2D eigenvalue weighted by Crippen LogP contribution is -2.26. The molecule has 0 saturated heterocycles. The molecule has 0 atom stereocenters. The molecule has 112 valence electrons. The van der Waals surface area contributed by atoms with Crippen molar-refractivity contribution in [3.63, 3.8) is 0 Å². The van der Waals surface area contributed by atoms with Gasteiger partial charge in [0.1, 0.15) is 11.5 Å². The first kappa shape index (κ1) is 15.0. The fourth-order valence-electron chi connectivity index (χ4n) is 1.71. The summed E-state index contributed by atoms with van der Waals surface area (Å²) in [6.45, 7) is 0.395. The highest BCUT2D eigenvalue weighted by Gasteiger charge is 2.09. The summed E-state index contributed by atoms with van der Waals surface area (Å²) in [4.78, 5) is 11.8. The van der Waals surface area contributed by atoms with E-state index in [-0.39, 0.29) is 22.3 Å². The third-order valence-corrected chi connectivity index (χ3v) is 3.72. The first-order valence-electron chi connectivity index (χ1n) is 6.07. The number of carbonyl (C=O) groups excluding carboxylic acids is 1. The minimum Gasteiger partial charge on any atom is -0.382 e. The average molecular weight is 309 g/mol. The summed E-state index contributed by atoms with van der Waals surface area (Å²) in [5, 5.41) is 13.9. The number of benzene rings is 1. The Hall–Kier alpha value is -2.39. The molecule has 0 aliphatic heterocycles. The van der Waals surface area contributed by atoms with E-state index in [9.17, 15) is 13.2 Å². The van der Waals surface area contributed by atoms with Crippen molar-refractivity contribution in [2.75, 3.05) is 12.3 Å². The zero-order valence-corrected chi connectivity index (χ0v) is 11.9. The number of hydrogen-bond acceptors (Lipinski definition) is 5. The van der Waals surface area contributed by atoms with Crippen LogP contribution in [0.4, 0.5) is 5.82 Å². The number of sulfonamides is 1. The lowest BCUT2D eigenvalue weighted by molar-refractivity contribution is 0.0949. The third-order valence-electron chi connectivity index (χ3n) is 2.79. The molecule has 6 N–H and O–H groups in total. The standard InChI is InChI=1S/C12H15N5O3S/c13-11-7-10(16-17-11)12(18)15-6-5-8-1-3-9(4-2-8)21(14,19)20/h1-4,7H,5-6H2,(H,15,18)(H3,13,16,17)(H2,14,19,20). The van der Waals surface area contributed by atoms with Crippen LogP contribution in [0.25, 0.3) is 0 Å². The van der Waals surface area contributed by atoms with Gasteiger partial charge in [0, 0.05) is 12.6 Å². The summed E-state index contributed by atoms with van der Waals surface area (Å²) >= 11 is 0. The van der Waals surface area contributed by atoms with Gasteiger partial charge >= 0.3 is 0 Å². The van der Waals surface area contributed by atoms with Crippen LogP contribution in [0.5, 0.6) is 0 Å². The number of aromatic amines is 1. The van der Waals surface area contributed by atoms with Gasteiger partial charge in [-0.2, -0.15) is 5.10 Å². The van der Waals surface area contributed by atoms with Gasteiger partial charge in [0.2, 0.25) is 10.0 Å². The number of nitrogens with one attached hydrogen (secondary N) is 2. The van der Waals surface area contributed by atoms with Crippen LogP contribution in [0.2, 0.25) is 0 Å². The maximum atomic E-state index is 11.7. The molecule has 0 radical (unpaired) electrons. The number of nitrogen functional groups attached to an aromatic ring is 1. The van der Waals surface area contributed by atoms with Crippen LogP contribution in [0.3, 0.4) is 0 Å². The number of nitrogens with two attached hydrogens (primary N) is 2. The highest BCUT2D eigenvalue weighted by atomic mass is 32.2. The molecule has 0 bridgehead atoms. The number of amides is 1. The van der Waals surface area contributed by atoms with Crippen LogP contribution >= 0.6 is 0 Å². The van der Waals surface area contributed by atoms with Gasteiger partial charge in [0.15, 0.2) is 0 Å². The van der Waals surface area contributed by atoms with Crippen molar-refractivity contribution in [2.45, 2.75) is 11.3 Å². The molecule has 0 fully saturated rings. The molecule has 1 aromatic carbocycles. The summed E-state index contributed by atoms with van der Waals surface area (Å²) in [5.74, 6) is -0.0564. The van der Waals surface area contributed by atoms with E-state index in [0.29, 0.717) is 13.0 Å². The van der Waals surface area contributed by atoms with E-state index >= 15 is 0 Å². The van der Waals surface area contributed by atoms with Gasteiger partial charge < -0.3 is 11.1 Å². The van der Waals surface area contributed by atoms with Crippen molar-refractivity contribution < 1.29 is 13.2 Å². The number of anilines is 1. The molecule has 21 heavy (non-hydrogen) atoms. The first-order chi connectivity index (χ1) is 9.86. The Labute approximate surface area is 121 Å². The Morgan fingerprint density at radius 1 is 1.29 bits per heavy atom. The van der Waals surface area contributed by atoms with Gasteiger partial charge in [-0.1, -0.05) is 12.1 Å². The van der Waals surface area contributed by atoms with E-state index in [2.05, 4.69) is 15.5 Å². The number of carbonyl (C=O) groups is 1. The number of H-pyrrole nitrogens is 1. The Morgan fingerprint density at radius 2 is 1.95 bits per heavy atom. The Kier molecular flexibility index (Phi) is 4.24. The molecule has 1 aromatic heterocycles. The van der Waals surface area contributed by atoms with Crippen molar-refractivity contribution in [1.29, 1.82) is 0 Å². The van der Waals surface area contributed by atoms with Gasteiger partial charge in [-0.3, -0.25) is 9.89 Å². The van der Waals surface area contributed by atoms with Gasteiger partial charge in [-0.05, 0) is 24.1 Å². The minimum absolute atomic E-state index is 0.0585. The average Bonchev–Trinajstić information content (AvgIpc) is 2.85. The van der Waals surface area contributed by atoms with Crippen LogP contribution in [0.15, 0.2) is 35.2 Å². The fraction of sp³-hybridized carbons (Fsp3) is 0.167. The molecule has 0 saturated carbocycles. The van der Waals surface area contributed by atoms with E-state index < -0.39 is 10.0 Å². The molecule has 9 heteroatoms. The molecule has 0 aliphatic carbocycles. The maximum Gasteiger partial charge on any atom is 0.269 e. The van der Waals surface area contributed by atoms with Crippen molar-refractivity contribution in [2.24, 2.45) is 5.14 Å². The number of hydrogen-bond donors (Lipinski definition) is 4. The van der Waals surface area contributed by atoms with E-state index in [4.69, 9.17) is 10.9 Å². The molecule has 2 aromatic rings. The Morgan fingerprint density at radius 3 is 2.48 bits per heavy atom. The summed E-state index contributed by atoms with van der Waals surface area (Å²) in [6.07, 6.45) is 0.556. The van der Waals surface area contributed by atoms with Crippen molar-refractivity contribution in [3.8, 4) is 0 Å². The van der Waals surface area contributed by atoms with Crippen LogP contribution < -0.4 is 16.2 Å². The van der Waals surface area contributed by atoms with Crippen molar-refractivity contribution in [3.05, 3.63) is 41.6 Å². The molecule has 0 aliphatic rings. The predicted molar refractivity (Wildman–Crippen MR) is 76.9 cm³/mol. The van der Waals surface area contributed by atoms with Crippen LogP contribution in [0.1, 0.15) is 16.1 Å². The Balaban J connectivity index is 1.88. The lowest BCUT2D eigenvalue weighted by Gasteiger charge is -2.05. The van der Waals surface area contributed by atoms with Gasteiger partial charge in [0.25, 0.3) is 5.91 Å². The van der Waals surface area contributed by atoms with Crippen molar-refractivity contribution in [1.82, 2.24) is 15.5 Å². The summed E-state index contributed by atoms with van der Waals surface area (Å²) in [5.41, 5.74) is 6.57. The van der Waals surface area contributed by atoms with Gasteiger partial charge in [0.05, 0.1) is 4.90 Å². The molecule has 1 amide bonds. The van der Waals surface area contributed by atoms with Gasteiger partial charge in [-0.25, -0.2) is 13.6 Å². The number of rotatable bonds is 5. The highest BCUT2D eigenvalue weighted by molar-refractivity contribution is 7.89. The molecule has 0 spiro atoms. The molecule has 0 unspecified atom stereocenters. The number of primary sulfonamides is 1. The van der Waals surface area contributed by atoms with E-state index in [1.165, 1.54) is 18.2 Å². The van der Waals surface area contributed by atoms with E-state index in [1.807, 2.05) is 0 Å². The third kappa shape index (κ3) is 4.04. The largest absolute Gasteiger partial charge is 0.382 e. The SMILES string of the molecule is Nc1cc(C(=O)NCCc2ccc(S(N)(=O)=O)cc2)[nH]n1. The zero-order valence-electron chi connectivity index (χ0n) is 11.0. The predicted octanol–water partition coefficient (Wildman–Crippen LogP) is -0.388. The molecule has 8 nitrogen and oxygen atoms in total. The Bertz CT molecular complexity index is 737. The number of nitrogens with zero attached hydrogens (tertiary/aromatic N) is 1. The summed E-state index contributed by atoms with van der Waals surface area (Å²) in [6, 6.07) is 7.61. The lowest BCUT2D eigenvalue weighted by atomic mass is 10.1. The summed E-state index contributed by atoms with van der Waals surface area (Å²) < 4.78 is 22.2. The van der Waals surface area contributed by atoms with Crippen molar-refractivity contribution >= 4 is 21.7 Å². The molecular formula is C12H15N5O3S. The highest BCUT2D eigenvalue weighted by Crippen LogP contribution is 2.09. The quantitative estimate of drug-likeness (QED) is 0.594. The van der Waals surface area contributed by atoms with Gasteiger partial charge in [-0.15, -0.1) is 0 Å². The smallest absolute Gasteiger partial charge is 0.269 e. The second kappa shape index (κ2) is 5.94. The first-order valence-corrected chi connectivity index (χ1v) is 7.62. The van der Waals surface area contributed by atoms with Crippen LogP contribution in [-0.2, 0) is 16.4 Å². The van der Waals surface area contributed by atoms with E-state index in [0.717, 1.165) is 5.56 Å². The molecule has 2 rings (SSSR count). The second-order valence-corrected chi connectivity index (χ2v) is 5.96. The van der Waals surface area contributed by atoms with Crippen LogP contribution in [0, 0.1) is 0 Å². The second-order valence-electron chi connectivity index (χ2n) is 4.40.